The van der Waals surface area contributed by atoms with E-state index in [4.69, 9.17) is 11.6 Å². The highest BCUT2D eigenvalue weighted by Crippen LogP contribution is 2.19. The molecule has 0 aromatic heterocycles. The first-order valence-corrected chi connectivity index (χ1v) is 5.16. The van der Waals surface area contributed by atoms with Crippen LogP contribution in [0.3, 0.4) is 0 Å². The summed E-state index contributed by atoms with van der Waals surface area (Å²) in [5.41, 5.74) is 1.22. The lowest BCUT2D eigenvalue weighted by Gasteiger charge is -2.22. The predicted octanol–water partition coefficient (Wildman–Crippen LogP) is 3.58. The van der Waals surface area contributed by atoms with Crippen LogP contribution in [0.15, 0.2) is 24.3 Å². The molecule has 0 atom stereocenters. The molecule has 0 saturated carbocycles. The van der Waals surface area contributed by atoms with E-state index in [0.717, 1.165) is 18.1 Å². The van der Waals surface area contributed by atoms with E-state index in [9.17, 15) is 0 Å². The van der Waals surface area contributed by atoms with Crippen LogP contribution < -0.4 is 4.90 Å². The normalized spacial score (nSPS) is 10.1. The molecule has 0 aliphatic rings. The Morgan fingerprint density at radius 3 is 2.62 bits per heavy atom. The SMILES string of the molecule is CCCN(CC)c1cccc(Cl)c1. The van der Waals surface area contributed by atoms with Crippen LogP contribution in [-0.2, 0) is 0 Å². The Morgan fingerprint density at radius 1 is 1.31 bits per heavy atom. The quantitative estimate of drug-likeness (QED) is 0.714. The minimum absolute atomic E-state index is 0.812. The minimum Gasteiger partial charge on any atom is -0.372 e. The lowest BCUT2D eigenvalue weighted by molar-refractivity contribution is 0.792. The van der Waals surface area contributed by atoms with Gasteiger partial charge in [0.25, 0.3) is 0 Å². The van der Waals surface area contributed by atoms with E-state index in [2.05, 4.69) is 24.8 Å². The molecule has 1 aromatic carbocycles. The van der Waals surface area contributed by atoms with Gasteiger partial charge in [-0.1, -0.05) is 24.6 Å². The van der Waals surface area contributed by atoms with Crippen molar-refractivity contribution in [1.29, 1.82) is 0 Å². The maximum atomic E-state index is 5.92. The minimum atomic E-state index is 0.812. The Labute approximate surface area is 85.3 Å². The van der Waals surface area contributed by atoms with E-state index in [1.165, 1.54) is 12.1 Å². The van der Waals surface area contributed by atoms with E-state index in [1.54, 1.807) is 0 Å². The second-order valence-electron chi connectivity index (χ2n) is 3.06. The summed E-state index contributed by atoms with van der Waals surface area (Å²) in [4.78, 5) is 2.33. The Morgan fingerprint density at radius 2 is 2.08 bits per heavy atom. The van der Waals surface area contributed by atoms with Gasteiger partial charge in [0.1, 0.15) is 0 Å². The van der Waals surface area contributed by atoms with Crippen molar-refractivity contribution in [3.63, 3.8) is 0 Å². The summed E-state index contributed by atoms with van der Waals surface area (Å²) < 4.78 is 0. The number of rotatable bonds is 4. The topological polar surface area (TPSA) is 3.24 Å². The summed E-state index contributed by atoms with van der Waals surface area (Å²) >= 11 is 5.92. The van der Waals surface area contributed by atoms with Gasteiger partial charge in [-0.05, 0) is 31.5 Å². The van der Waals surface area contributed by atoms with Crippen LogP contribution >= 0.6 is 11.6 Å². The van der Waals surface area contributed by atoms with Crippen LogP contribution in [0.5, 0.6) is 0 Å². The first-order valence-electron chi connectivity index (χ1n) is 4.78. The smallest absolute Gasteiger partial charge is 0.0426 e. The number of halogens is 1. The molecule has 13 heavy (non-hydrogen) atoms. The third kappa shape index (κ3) is 2.92. The van der Waals surface area contributed by atoms with E-state index in [0.29, 0.717) is 0 Å². The predicted molar refractivity (Wildman–Crippen MR) is 59.6 cm³/mol. The first-order chi connectivity index (χ1) is 6.27. The van der Waals surface area contributed by atoms with E-state index in [1.807, 2.05) is 18.2 Å². The summed E-state index contributed by atoms with van der Waals surface area (Å²) in [5.74, 6) is 0. The van der Waals surface area contributed by atoms with Crippen molar-refractivity contribution >= 4 is 17.3 Å². The highest BCUT2D eigenvalue weighted by Gasteiger charge is 2.02. The van der Waals surface area contributed by atoms with E-state index < -0.39 is 0 Å². The maximum Gasteiger partial charge on any atom is 0.0426 e. The van der Waals surface area contributed by atoms with Crippen LogP contribution in [0, 0.1) is 0 Å². The monoisotopic (exact) mass is 197 g/mol. The van der Waals surface area contributed by atoms with Gasteiger partial charge in [0.2, 0.25) is 0 Å². The summed E-state index contributed by atoms with van der Waals surface area (Å²) in [6.07, 6.45) is 1.17. The third-order valence-corrected chi connectivity index (χ3v) is 2.28. The lowest BCUT2D eigenvalue weighted by atomic mass is 10.2. The van der Waals surface area contributed by atoms with Crippen LogP contribution in [0.2, 0.25) is 5.02 Å². The van der Waals surface area contributed by atoms with Crippen LogP contribution in [0.25, 0.3) is 0 Å². The zero-order chi connectivity index (χ0) is 9.68. The summed E-state index contributed by atoms with van der Waals surface area (Å²) in [7, 11) is 0. The molecule has 1 rings (SSSR count). The summed E-state index contributed by atoms with van der Waals surface area (Å²) in [6.45, 7) is 6.48. The maximum absolute atomic E-state index is 5.92. The van der Waals surface area contributed by atoms with Crippen molar-refractivity contribution in [3.8, 4) is 0 Å². The van der Waals surface area contributed by atoms with Gasteiger partial charge in [0, 0.05) is 23.8 Å². The highest BCUT2D eigenvalue weighted by molar-refractivity contribution is 6.30. The first kappa shape index (κ1) is 10.4. The number of anilines is 1. The zero-order valence-electron chi connectivity index (χ0n) is 8.26. The third-order valence-electron chi connectivity index (χ3n) is 2.05. The average Bonchev–Trinajstić information content (AvgIpc) is 2.14. The second kappa shape index (κ2) is 5.13. The summed E-state index contributed by atoms with van der Waals surface area (Å²) in [6, 6.07) is 8.02. The highest BCUT2D eigenvalue weighted by atomic mass is 35.5. The number of benzene rings is 1. The fourth-order valence-electron chi connectivity index (χ4n) is 1.41. The van der Waals surface area contributed by atoms with Crippen molar-refractivity contribution in [1.82, 2.24) is 0 Å². The van der Waals surface area contributed by atoms with Crippen molar-refractivity contribution in [2.75, 3.05) is 18.0 Å². The molecule has 1 aromatic rings. The molecule has 0 N–H and O–H groups in total. The lowest BCUT2D eigenvalue weighted by Crippen LogP contribution is -2.23. The molecule has 0 heterocycles. The molecule has 2 heteroatoms. The molecule has 0 fully saturated rings. The molecule has 0 aliphatic heterocycles. The van der Waals surface area contributed by atoms with Crippen LogP contribution in [0.4, 0.5) is 5.69 Å². The Kier molecular flexibility index (Phi) is 4.10. The second-order valence-corrected chi connectivity index (χ2v) is 3.50. The molecule has 0 bridgehead atoms. The van der Waals surface area contributed by atoms with Gasteiger partial charge < -0.3 is 4.90 Å². The van der Waals surface area contributed by atoms with Gasteiger partial charge in [-0.3, -0.25) is 0 Å². The average molecular weight is 198 g/mol. The molecule has 0 aliphatic carbocycles. The fraction of sp³-hybridized carbons (Fsp3) is 0.455. The largest absolute Gasteiger partial charge is 0.372 e. The van der Waals surface area contributed by atoms with Crippen molar-refractivity contribution < 1.29 is 0 Å². The van der Waals surface area contributed by atoms with Gasteiger partial charge in [-0.25, -0.2) is 0 Å². The molecule has 0 spiro atoms. The van der Waals surface area contributed by atoms with E-state index >= 15 is 0 Å². The molecule has 0 radical (unpaired) electrons. The molecule has 1 nitrogen and oxygen atoms in total. The van der Waals surface area contributed by atoms with Gasteiger partial charge >= 0.3 is 0 Å². The fourth-order valence-corrected chi connectivity index (χ4v) is 1.60. The molecule has 0 unspecified atom stereocenters. The van der Waals surface area contributed by atoms with Gasteiger partial charge in [-0.15, -0.1) is 0 Å². The Balaban J connectivity index is 2.78. The van der Waals surface area contributed by atoms with Crippen molar-refractivity contribution in [2.45, 2.75) is 20.3 Å². The molecular weight excluding hydrogens is 182 g/mol. The van der Waals surface area contributed by atoms with Crippen molar-refractivity contribution in [3.05, 3.63) is 29.3 Å². The standard InChI is InChI=1S/C11H16ClN/c1-3-8-13(4-2)11-7-5-6-10(12)9-11/h5-7,9H,3-4,8H2,1-2H3. The molecular formula is C11H16ClN. The Bertz CT molecular complexity index is 260. The van der Waals surface area contributed by atoms with E-state index in [-0.39, 0.29) is 0 Å². The van der Waals surface area contributed by atoms with Gasteiger partial charge in [0.05, 0.1) is 0 Å². The number of nitrogens with zero attached hydrogens (tertiary/aromatic N) is 1. The van der Waals surface area contributed by atoms with Crippen molar-refractivity contribution in [2.24, 2.45) is 0 Å². The van der Waals surface area contributed by atoms with Crippen LogP contribution in [-0.4, -0.2) is 13.1 Å². The van der Waals surface area contributed by atoms with Crippen LogP contribution in [0.1, 0.15) is 20.3 Å². The molecule has 0 saturated heterocycles. The number of hydrogen-bond acceptors (Lipinski definition) is 1. The summed E-state index contributed by atoms with van der Waals surface area (Å²) in [5, 5.41) is 0.812. The molecule has 0 amide bonds. The zero-order valence-corrected chi connectivity index (χ0v) is 9.01. The van der Waals surface area contributed by atoms with Gasteiger partial charge in [-0.2, -0.15) is 0 Å². The Hall–Kier alpha value is -0.690. The number of hydrogen-bond donors (Lipinski definition) is 0. The van der Waals surface area contributed by atoms with Gasteiger partial charge in [0.15, 0.2) is 0 Å². The molecule has 72 valence electrons.